The van der Waals surface area contributed by atoms with E-state index >= 15 is 0 Å². The standard InChI is InChI=1S/C16H22N2O3/c1-17(2)16(20)13-8-10-18(11-9-13)15(19)12-21-14-6-4-3-5-7-14/h3-7,13H,8-12H2,1-2H3. The normalized spacial score (nSPS) is 15.6. The van der Waals surface area contributed by atoms with Gasteiger partial charge in [-0.3, -0.25) is 9.59 Å². The molecule has 0 bridgehead atoms. The van der Waals surface area contributed by atoms with Gasteiger partial charge < -0.3 is 14.5 Å². The van der Waals surface area contributed by atoms with Crippen LogP contribution in [0.25, 0.3) is 0 Å². The summed E-state index contributed by atoms with van der Waals surface area (Å²) in [5, 5.41) is 0. The summed E-state index contributed by atoms with van der Waals surface area (Å²) in [4.78, 5) is 27.4. The van der Waals surface area contributed by atoms with Gasteiger partial charge in [0.15, 0.2) is 6.61 Å². The van der Waals surface area contributed by atoms with E-state index in [1.807, 2.05) is 30.3 Å². The number of benzene rings is 1. The summed E-state index contributed by atoms with van der Waals surface area (Å²) in [7, 11) is 3.54. The first-order chi connectivity index (χ1) is 10.1. The van der Waals surface area contributed by atoms with E-state index in [0.717, 1.165) is 12.8 Å². The van der Waals surface area contributed by atoms with Crippen molar-refractivity contribution in [2.75, 3.05) is 33.8 Å². The van der Waals surface area contributed by atoms with Crippen LogP contribution in [0.1, 0.15) is 12.8 Å². The first kappa shape index (κ1) is 15.4. The molecule has 0 aliphatic carbocycles. The lowest BCUT2D eigenvalue weighted by Gasteiger charge is -2.32. The molecule has 2 rings (SSSR count). The molecule has 0 N–H and O–H groups in total. The number of piperidine rings is 1. The number of para-hydroxylation sites is 1. The van der Waals surface area contributed by atoms with Crippen LogP contribution in [0.2, 0.25) is 0 Å². The quantitative estimate of drug-likeness (QED) is 0.842. The van der Waals surface area contributed by atoms with Gasteiger partial charge in [-0.2, -0.15) is 0 Å². The molecule has 5 nitrogen and oxygen atoms in total. The average molecular weight is 290 g/mol. The Labute approximate surface area is 125 Å². The number of carbonyl (C=O) groups is 2. The van der Waals surface area contributed by atoms with Gasteiger partial charge in [-0.15, -0.1) is 0 Å². The van der Waals surface area contributed by atoms with E-state index < -0.39 is 0 Å². The predicted octanol–water partition coefficient (Wildman–Crippen LogP) is 1.39. The number of amides is 2. The lowest BCUT2D eigenvalue weighted by Crippen LogP contribution is -2.44. The van der Waals surface area contributed by atoms with Crippen LogP contribution in [0, 0.1) is 5.92 Å². The monoisotopic (exact) mass is 290 g/mol. The van der Waals surface area contributed by atoms with Gasteiger partial charge in [0.1, 0.15) is 5.75 Å². The summed E-state index contributed by atoms with van der Waals surface area (Å²) in [6.45, 7) is 1.30. The van der Waals surface area contributed by atoms with Crippen molar-refractivity contribution in [3.8, 4) is 5.75 Å². The smallest absolute Gasteiger partial charge is 0.260 e. The minimum Gasteiger partial charge on any atom is -0.484 e. The fourth-order valence-electron chi connectivity index (χ4n) is 2.49. The fraction of sp³-hybridized carbons (Fsp3) is 0.500. The van der Waals surface area contributed by atoms with E-state index in [1.165, 1.54) is 0 Å². The lowest BCUT2D eigenvalue weighted by atomic mass is 9.95. The molecule has 1 saturated heterocycles. The summed E-state index contributed by atoms with van der Waals surface area (Å²) >= 11 is 0. The van der Waals surface area contributed by atoms with E-state index in [-0.39, 0.29) is 24.3 Å². The third-order valence-electron chi connectivity index (χ3n) is 3.74. The highest BCUT2D eigenvalue weighted by Crippen LogP contribution is 2.19. The second-order valence-corrected chi connectivity index (χ2v) is 5.49. The van der Waals surface area contributed by atoms with Crippen molar-refractivity contribution < 1.29 is 14.3 Å². The van der Waals surface area contributed by atoms with Crippen molar-refractivity contribution in [1.82, 2.24) is 9.80 Å². The van der Waals surface area contributed by atoms with Crippen LogP contribution in [0.15, 0.2) is 30.3 Å². The third kappa shape index (κ3) is 4.21. The van der Waals surface area contributed by atoms with Gasteiger partial charge in [-0.1, -0.05) is 18.2 Å². The van der Waals surface area contributed by atoms with Crippen molar-refractivity contribution in [1.29, 1.82) is 0 Å². The Morgan fingerprint density at radius 2 is 1.81 bits per heavy atom. The Hall–Kier alpha value is -2.04. The van der Waals surface area contributed by atoms with Crippen LogP contribution >= 0.6 is 0 Å². The van der Waals surface area contributed by atoms with Crippen molar-refractivity contribution in [2.45, 2.75) is 12.8 Å². The molecule has 1 fully saturated rings. The van der Waals surface area contributed by atoms with Gasteiger partial charge in [0.05, 0.1) is 0 Å². The molecule has 0 atom stereocenters. The highest BCUT2D eigenvalue weighted by Gasteiger charge is 2.28. The summed E-state index contributed by atoms with van der Waals surface area (Å²) in [5.41, 5.74) is 0. The first-order valence-electron chi connectivity index (χ1n) is 7.24. The number of carbonyl (C=O) groups excluding carboxylic acids is 2. The van der Waals surface area contributed by atoms with Crippen LogP contribution in [0.3, 0.4) is 0 Å². The Morgan fingerprint density at radius 1 is 1.19 bits per heavy atom. The van der Waals surface area contributed by atoms with E-state index in [4.69, 9.17) is 4.74 Å². The van der Waals surface area contributed by atoms with Gasteiger partial charge >= 0.3 is 0 Å². The maximum atomic E-state index is 12.1. The van der Waals surface area contributed by atoms with E-state index in [1.54, 1.807) is 23.9 Å². The van der Waals surface area contributed by atoms with Crippen molar-refractivity contribution >= 4 is 11.8 Å². The number of rotatable bonds is 4. The summed E-state index contributed by atoms with van der Waals surface area (Å²) in [6.07, 6.45) is 1.46. The second kappa shape index (κ2) is 7.11. The zero-order valence-electron chi connectivity index (χ0n) is 12.6. The van der Waals surface area contributed by atoms with E-state index in [9.17, 15) is 9.59 Å². The maximum absolute atomic E-state index is 12.1. The van der Waals surface area contributed by atoms with E-state index in [2.05, 4.69) is 0 Å². The molecule has 0 radical (unpaired) electrons. The molecule has 0 aromatic heterocycles. The van der Waals surface area contributed by atoms with Gasteiger partial charge in [0.25, 0.3) is 5.91 Å². The minimum atomic E-state index is -0.0189. The lowest BCUT2D eigenvalue weighted by molar-refractivity contribution is -0.140. The minimum absolute atomic E-state index is 0.0189. The average Bonchev–Trinajstić information content (AvgIpc) is 2.53. The molecule has 0 saturated carbocycles. The molecule has 21 heavy (non-hydrogen) atoms. The highest BCUT2D eigenvalue weighted by molar-refractivity contribution is 5.80. The Bertz CT molecular complexity index is 480. The van der Waals surface area contributed by atoms with Crippen molar-refractivity contribution in [2.24, 2.45) is 5.92 Å². The maximum Gasteiger partial charge on any atom is 0.260 e. The molecule has 1 aliphatic heterocycles. The zero-order chi connectivity index (χ0) is 15.2. The van der Waals surface area contributed by atoms with Gasteiger partial charge in [0, 0.05) is 33.1 Å². The molecule has 1 aromatic rings. The fourth-order valence-corrected chi connectivity index (χ4v) is 2.49. The molecule has 5 heteroatoms. The second-order valence-electron chi connectivity index (χ2n) is 5.49. The van der Waals surface area contributed by atoms with Crippen LogP contribution in [0.5, 0.6) is 5.75 Å². The van der Waals surface area contributed by atoms with Crippen molar-refractivity contribution in [3.63, 3.8) is 0 Å². The largest absolute Gasteiger partial charge is 0.484 e. The third-order valence-corrected chi connectivity index (χ3v) is 3.74. The van der Waals surface area contributed by atoms with Gasteiger partial charge in [-0.05, 0) is 25.0 Å². The van der Waals surface area contributed by atoms with Gasteiger partial charge in [0.2, 0.25) is 5.91 Å². The van der Waals surface area contributed by atoms with Crippen LogP contribution in [-0.4, -0.2) is 55.4 Å². The zero-order valence-corrected chi connectivity index (χ0v) is 12.6. The first-order valence-corrected chi connectivity index (χ1v) is 7.24. The number of hydrogen-bond acceptors (Lipinski definition) is 3. The Balaban J connectivity index is 1.77. The van der Waals surface area contributed by atoms with Gasteiger partial charge in [-0.25, -0.2) is 0 Å². The molecule has 0 spiro atoms. The molecule has 1 heterocycles. The molecule has 1 aliphatic rings. The molecule has 2 amide bonds. The molecule has 0 unspecified atom stereocenters. The molecule has 114 valence electrons. The highest BCUT2D eigenvalue weighted by atomic mass is 16.5. The Morgan fingerprint density at radius 3 is 2.38 bits per heavy atom. The summed E-state index contributed by atoms with van der Waals surface area (Å²) in [6, 6.07) is 9.31. The number of nitrogens with zero attached hydrogens (tertiary/aromatic N) is 2. The Kier molecular flexibility index (Phi) is 5.20. The van der Waals surface area contributed by atoms with E-state index in [0.29, 0.717) is 18.8 Å². The molecular formula is C16H22N2O3. The molecule has 1 aromatic carbocycles. The predicted molar refractivity (Wildman–Crippen MR) is 79.9 cm³/mol. The topological polar surface area (TPSA) is 49.9 Å². The SMILES string of the molecule is CN(C)C(=O)C1CCN(C(=O)COc2ccccc2)CC1. The summed E-state index contributed by atoms with van der Waals surface area (Å²) in [5.74, 6) is 0.875. The van der Waals surface area contributed by atoms with Crippen LogP contribution < -0.4 is 4.74 Å². The van der Waals surface area contributed by atoms with Crippen molar-refractivity contribution in [3.05, 3.63) is 30.3 Å². The number of likely N-dealkylation sites (tertiary alicyclic amines) is 1. The van der Waals surface area contributed by atoms with Crippen LogP contribution in [0.4, 0.5) is 0 Å². The molecular weight excluding hydrogens is 268 g/mol. The summed E-state index contributed by atoms with van der Waals surface area (Å²) < 4.78 is 5.47. The van der Waals surface area contributed by atoms with Crippen LogP contribution in [-0.2, 0) is 9.59 Å². The number of hydrogen-bond donors (Lipinski definition) is 0. The number of ether oxygens (including phenoxy) is 1.